The molecular formula is C22H24N4O4S. The number of aromatic nitrogens is 2. The number of aromatic amines is 1. The van der Waals surface area contributed by atoms with Crippen molar-refractivity contribution in [2.24, 2.45) is 0 Å². The van der Waals surface area contributed by atoms with Crippen molar-refractivity contribution in [3.05, 3.63) is 48.5 Å². The molecule has 0 spiro atoms. The summed E-state index contributed by atoms with van der Waals surface area (Å²) in [5, 5.41) is 0. The number of H-pyrrole nitrogens is 1. The number of sulfonamides is 1. The Bertz CT molecular complexity index is 1190. The lowest BCUT2D eigenvalue weighted by Gasteiger charge is -2.35. The second-order valence-corrected chi connectivity index (χ2v) is 9.80. The molecule has 1 N–H and O–H groups in total. The van der Waals surface area contributed by atoms with Gasteiger partial charge >= 0.3 is 0 Å². The van der Waals surface area contributed by atoms with Crippen LogP contribution in [0.3, 0.4) is 0 Å². The normalized spacial score (nSPS) is 20.4. The number of hydrogen-bond acceptors (Lipinski definition) is 5. The SMILES string of the molecule is O=C(C1CCCO1)N1CCN(S(=O)(=O)c2ccc3nc(-c4ccccc4)[nH]c3c2)CC1. The van der Waals surface area contributed by atoms with Crippen LogP contribution in [-0.2, 0) is 19.6 Å². The van der Waals surface area contributed by atoms with Crippen LogP contribution in [-0.4, -0.2) is 72.4 Å². The highest BCUT2D eigenvalue weighted by molar-refractivity contribution is 7.89. The van der Waals surface area contributed by atoms with E-state index in [1.165, 1.54) is 4.31 Å². The molecule has 31 heavy (non-hydrogen) atoms. The summed E-state index contributed by atoms with van der Waals surface area (Å²) in [7, 11) is -3.66. The number of carbonyl (C=O) groups excluding carboxylic acids is 1. The van der Waals surface area contributed by atoms with Gasteiger partial charge in [-0.2, -0.15) is 4.31 Å². The molecule has 1 amide bonds. The van der Waals surface area contributed by atoms with Gasteiger partial charge in [0.25, 0.3) is 5.91 Å². The zero-order chi connectivity index (χ0) is 21.4. The Morgan fingerprint density at radius 3 is 2.55 bits per heavy atom. The quantitative estimate of drug-likeness (QED) is 0.671. The molecule has 0 saturated carbocycles. The molecule has 3 heterocycles. The van der Waals surface area contributed by atoms with Crippen molar-refractivity contribution in [2.75, 3.05) is 32.8 Å². The molecule has 0 radical (unpaired) electrons. The predicted octanol–water partition coefficient (Wildman–Crippen LogP) is 2.24. The molecule has 1 aromatic heterocycles. The van der Waals surface area contributed by atoms with Crippen LogP contribution < -0.4 is 0 Å². The monoisotopic (exact) mass is 440 g/mol. The Morgan fingerprint density at radius 1 is 1.06 bits per heavy atom. The maximum absolute atomic E-state index is 13.2. The molecule has 2 aromatic carbocycles. The van der Waals surface area contributed by atoms with Crippen molar-refractivity contribution in [1.82, 2.24) is 19.2 Å². The second kappa shape index (κ2) is 8.07. The number of piperazine rings is 1. The third-order valence-electron chi connectivity index (χ3n) is 5.89. The second-order valence-electron chi connectivity index (χ2n) is 7.86. The number of nitrogens with zero attached hydrogens (tertiary/aromatic N) is 3. The fourth-order valence-corrected chi connectivity index (χ4v) is 5.60. The van der Waals surface area contributed by atoms with E-state index in [0.717, 1.165) is 18.4 Å². The summed E-state index contributed by atoms with van der Waals surface area (Å²) in [6.07, 6.45) is 1.27. The highest BCUT2D eigenvalue weighted by atomic mass is 32.2. The average Bonchev–Trinajstić information content (AvgIpc) is 3.49. The van der Waals surface area contributed by atoms with E-state index < -0.39 is 10.0 Å². The van der Waals surface area contributed by atoms with Crippen molar-refractivity contribution in [2.45, 2.75) is 23.8 Å². The fourth-order valence-electron chi connectivity index (χ4n) is 4.16. The van der Waals surface area contributed by atoms with Gasteiger partial charge in [-0.3, -0.25) is 4.79 Å². The number of nitrogens with one attached hydrogen (secondary N) is 1. The largest absolute Gasteiger partial charge is 0.368 e. The Kier molecular flexibility index (Phi) is 5.25. The first kappa shape index (κ1) is 20.2. The van der Waals surface area contributed by atoms with Gasteiger partial charge in [-0.1, -0.05) is 30.3 Å². The molecule has 0 bridgehead atoms. The first-order valence-electron chi connectivity index (χ1n) is 10.5. The highest BCUT2D eigenvalue weighted by Gasteiger charge is 2.34. The first-order chi connectivity index (χ1) is 15.0. The number of imidazole rings is 1. The first-order valence-corrected chi connectivity index (χ1v) is 11.9. The zero-order valence-corrected chi connectivity index (χ0v) is 17.8. The molecule has 2 saturated heterocycles. The van der Waals surface area contributed by atoms with Crippen molar-refractivity contribution < 1.29 is 17.9 Å². The number of amides is 1. The van der Waals surface area contributed by atoms with Crippen LogP contribution in [0.5, 0.6) is 0 Å². The minimum Gasteiger partial charge on any atom is -0.368 e. The van der Waals surface area contributed by atoms with Crippen LogP contribution in [0.4, 0.5) is 0 Å². The number of rotatable bonds is 4. The predicted molar refractivity (Wildman–Crippen MR) is 116 cm³/mol. The molecule has 2 aliphatic heterocycles. The van der Waals surface area contributed by atoms with Gasteiger partial charge in [0, 0.05) is 38.3 Å². The van der Waals surface area contributed by atoms with E-state index in [4.69, 9.17) is 4.74 Å². The zero-order valence-electron chi connectivity index (χ0n) is 17.0. The molecule has 8 nitrogen and oxygen atoms in total. The summed E-state index contributed by atoms with van der Waals surface area (Å²) in [6, 6.07) is 14.7. The Morgan fingerprint density at radius 2 is 1.84 bits per heavy atom. The molecule has 3 aromatic rings. The van der Waals surface area contributed by atoms with Crippen LogP contribution >= 0.6 is 0 Å². The van der Waals surface area contributed by atoms with Gasteiger partial charge in [0.1, 0.15) is 11.9 Å². The van der Waals surface area contributed by atoms with Crippen molar-refractivity contribution in [3.8, 4) is 11.4 Å². The number of carbonyl (C=O) groups is 1. The van der Waals surface area contributed by atoms with Gasteiger partial charge in [0.15, 0.2) is 0 Å². The molecule has 1 atom stereocenters. The van der Waals surface area contributed by atoms with Crippen LogP contribution in [0.25, 0.3) is 22.4 Å². The smallest absolute Gasteiger partial charge is 0.251 e. The molecule has 1 unspecified atom stereocenters. The van der Waals surface area contributed by atoms with Gasteiger partial charge < -0.3 is 14.6 Å². The van der Waals surface area contributed by atoms with E-state index in [-0.39, 0.29) is 30.0 Å². The molecular weight excluding hydrogens is 416 g/mol. The van der Waals surface area contributed by atoms with Crippen molar-refractivity contribution in [1.29, 1.82) is 0 Å². The Labute approximate surface area is 180 Å². The molecule has 5 rings (SSSR count). The van der Waals surface area contributed by atoms with Crippen LogP contribution in [0.1, 0.15) is 12.8 Å². The summed E-state index contributed by atoms with van der Waals surface area (Å²) in [5.41, 5.74) is 2.33. The van der Waals surface area contributed by atoms with Crippen molar-refractivity contribution in [3.63, 3.8) is 0 Å². The summed E-state index contributed by atoms with van der Waals surface area (Å²) >= 11 is 0. The molecule has 2 aliphatic rings. The van der Waals surface area contributed by atoms with Gasteiger partial charge in [0.2, 0.25) is 10.0 Å². The van der Waals surface area contributed by atoms with Crippen LogP contribution in [0.2, 0.25) is 0 Å². The van der Waals surface area contributed by atoms with E-state index in [2.05, 4.69) is 9.97 Å². The third-order valence-corrected chi connectivity index (χ3v) is 7.79. The number of fused-ring (bicyclic) bond motifs is 1. The average molecular weight is 441 g/mol. The van der Waals surface area contributed by atoms with E-state index in [0.29, 0.717) is 36.6 Å². The summed E-state index contributed by atoms with van der Waals surface area (Å²) < 4.78 is 33.3. The molecule has 2 fully saturated rings. The Hall–Kier alpha value is -2.75. The van der Waals surface area contributed by atoms with Crippen LogP contribution in [0, 0.1) is 0 Å². The van der Waals surface area contributed by atoms with E-state index >= 15 is 0 Å². The lowest BCUT2D eigenvalue weighted by Crippen LogP contribution is -2.52. The van der Waals surface area contributed by atoms with E-state index in [1.807, 2.05) is 30.3 Å². The summed E-state index contributed by atoms with van der Waals surface area (Å²) in [5.74, 6) is 0.674. The molecule has 0 aliphatic carbocycles. The lowest BCUT2D eigenvalue weighted by molar-refractivity contribution is -0.142. The fraction of sp³-hybridized carbons (Fsp3) is 0.364. The van der Waals surface area contributed by atoms with E-state index in [9.17, 15) is 13.2 Å². The minimum absolute atomic E-state index is 0.0260. The van der Waals surface area contributed by atoms with Gasteiger partial charge in [0.05, 0.1) is 15.9 Å². The van der Waals surface area contributed by atoms with Crippen molar-refractivity contribution >= 4 is 27.0 Å². The lowest BCUT2D eigenvalue weighted by atomic mass is 10.2. The van der Waals surface area contributed by atoms with Gasteiger partial charge in [-0.15, -0.1) is 0 Å². The number of benzene rings is 2. The Balaban J connectivity index is 1.33. The molecule has 162 valence electrons. The van der Waals surface area contributed by atoms with Crippen LogP contribution in [0.15, 0.2) is 53.4 Å². The maximum atomic E-state index is 13.2. The van der Waals surface area contributed by atoms with Gasteiger partial charge in [-0.25, -0.2) is 13.4 Å². The van der Waals surface area contributed by atoms with Gasteiger partial charge in [-0.05, 0) is 31.0 Å². The topological polar surface area (TPSA) is 95.6 Å². The summed E-state index contributed by atoms with van der Waals surface area (Å²) in [6.45, 7) is 1.92. The van der Waals surface area contributed by atoms with E-state index in [1.54, 1.807) is 23.1 Å². The minimum atomic E-state index is -3.66. The maximum Gasteiger partial charge on any atom is 0.251 e. The third kappa shape index (κ3) is 3.84. The standard InChI is InChI=1S/C22H24N4O4S/c27-22(20-7-4-14-30-20)25-10-12-26(13-11-25)31(28,29)17-8-9-18-19(15-17)24-21(23-18)16-5-2-1-3-6-16/h1-3,5-6,8-9,15,20H,4,7,10-14H2,(H,23,24). The number of ether oxygens (including phenoxy) is 1. The highest BCUT2D eigenvalue weighted by Crippen LogP contribution is 2.25. The summed E-state index contributed by atoms with van der Waals surface area (Å²) in [4.78, 5) is 22.2. The number of hydrogen-bond donors (Lipinski definition) is 1. The molecule has 9 heteroatoms.